The van der Waals surface area contributed by atoms with Gasteiger partial charge in [0.25, 0.3) is 0 Å². The summed E-state index contributed by atoms with van der Waals surface area (Å²) in [7, 11) is 3.90. The fraction of sp³-hybridized carbons (Fsp3) is 0.407. The second kappa shape index (κ2) is 11.3. The molecular formula is C27H34ClN7O. The number of halogens is 1. The van der Waals surface area contributed by atoms with Crippen molar-refractivity contribution in [2.24, 2.45) is 0 Å². The largest absolute Gasteiger partial charge is 0.494 e. The molecule has 2 aliphatic rings. The van der Waals surface area contributed by atoms with E-state index in [2.05, 4.69) is 54.5 Å². The monoisotopic (exact) mass is 507 g/mol. The summed E-state index contributed by atoms with van der Waals surface area (Å²) in [5.41, 5.74) is 2.89. The van der Waals surface area contributed by atoms with Crippen molar-refractivity contribution >= 4 is 40.4 Å². The molecule has 190 valence electrons. The number of anilines is 5. The maximum Gasteiger partial charge on any atom is 0.229 e. The molecule has 5 rings (SSSR count). The van der Waals surface area contributed by atoms with Crippen molar-refractivity contribution in [3.63, 3.8) is 0 Å². The Morgan fingerprint density at radius 2 is 1.69 bits per heavy atom. The van der Waals surface area contributed by atoms with Crippen molar-refractivity contribution in [2.45, 2.75) is 18.9 Å². The molecule has 0 radical (unpaired) electrons. The average molecular weight is 508 g/mol. The van der Waals surface area contributed by atoms with Crippen LogP contribution in [0.4, 0.5) is 28.8 Å². The minimum atomic E-state index is 0.442. The van der Waals surface area contributed by atoms with Crippen LogP contribution >= 0.6 is 11.6 Å². The smallest absolute Gasteiger partial charge is 0.229 e. The molecule has 0 saturated carbocycles. The summed E-state index contributed by atoms with van der Waals surface area (Å²) in [6.45, 7) is 6.83. The van der Waals surface area contributed by atoms with Crippen LogP contribution in [0.25, 0.3) is 0 Å². The highest BCUT2D eigenvalue weighted by molar-refractivity contribution is 6.32. The first kappa shape index (κ1) is 24.6. The zero-order chi connectivity index (χ0) is 24.9. The van der Waals surface area contributed by atoms with Crippen molar-refractivity contribution in [1.29, 1.82) is 0 Å². The average Bonchev–Trinajstić information content (AvgIpc) is 2.92. The van der Waals surface area contributed by atoms with Crippen molar-refractivity contribution < 1.29 is 4.74 Å². The molecule has 0 spiro atoms. The summed E-state index contributed by atoms with van der Waals surface area (Å²) < 4.78 is 5.73. The number of hydrogen-bond donors (Lipinski definition) is 2. The van der Waals surface area contributed by atoms with E-state index in [-0.39, 0.29) is 0 Å². The number of methoxy groups -OCH3 is 1. The van der Waals surface area contributed by atoms with Gasteiger partial charge in [-0.3, -0.25) is 4.90 Å². The first-order chi connectivity index (χ1) is 17.6. The van der Waals surface area contributed by atoms with Gasteiger partial charge in [0.2, 0.25) is 5.95 Å². The van der Waals surface area contributed by atoms with Crippen LogP contribution in [0.1, 0.15) is 12.8 Å². The second-order valence-corrected chi connectivity index (χ2v) is 9.86. The number of piperidine rings is 1. The Morgan fingerprint density at radius 3 is 2.42 bits per heavy atom. The molecule has 3 heterocycles. The third kappa shape index (κ3) is 5.83. The highest BCUT2D eigenvalue weighted by Gasteiger charge is 2.27. The van der Waals surface area contributed by atoms with Crippen LogP contribution in [0.2, 0.25) is 5.02 Å². The highest BCUT2D eigenvalue weighted by Crippen LogP contribution is 2.34. The number of aromatic nitrogens is 2. The van der Waals surface area contributed by atoms with Gasteiger partial charge in [-0.25, -0.2) is 4.98 Å². The van der Waals surface area contributed by atoms with Gasteiger partial charge in [-0.1, -0.05) is 29.8 Å². The van der Waals surface area contributed by atoms with Crippen LogP contribution in [0, 0.1) is 0 Å². The van der Waals surface area contributed by atoms with E-state index in [4.69, 9.17) is 16.3 Å². The van der Waals surface area contributed by atoms with Gasteiger partial charge in [0.15, 0.2) is 5.82 Å². The van der Waals surface area contributed by atoms with Crippen LogP contribution in [0.5, 0.6) is 5.75 Å². The molecule has 2 aliphatic heterocycles. The summed E-state index contributed by atoms with van der Waals surface area (Å²) in [4.78, 5) is 16.5. The minimum absolute atomic E-state index is 0.442. The van der Waals surface area contributed by atoms with E-state index in [9.17, 15) is 0 Å². The first-order valence-electron chi connectivity index (χ1n) is 12.6. The number of nitrogens with zero attached hydrogens (tertiary/aromatic N) is 5. The van der Waals surface area contributed by atoms with E-state index < -0.39 is 0 Å². The van der Waals surface area contributed by atoms with E-state index in [0.717, 1.165) is 30.2 Å². The molecule has 8 nitrogen and oxygen atoms in total. The normalized spacial score (nSPS) is 17.7. The Morgan fingerprint density at radius 1 is 0.944 bits per heavy atom. The summed E-state index contributed by atoms with van der Waals surface area (Å²) >= 11 is 6.33. The topological polar surface area (TPSA) is 68.8 Å². The van der Waals surface area contributed by atoms with Crippen LogP contribution in [-0.4, -0.2) is 79.2 Å². The Labute approximate surface area is 218 Å². The molecule has 3 aromatic rings. The van der Waals surface area contributed by atoms with Crippen LogP contribution < -0.4 is 20.3 Å². The third-order valence-electron chi connectivity index (χ3n) is 7.10. The predicted octanol–water partition coefficient (Wildman–Crippen LogP) is 4.84. The molecule has 2 fully saturated rings. The number of likely N-dealkylation sites (N-methyl/N-ethyl adjacent to an activating group) is 1. The van der Waals surface area contributed by atoms with Crippen molar-refractivity contribution in [2.75, 3.05) is 69.0 Å². The lowest BCUT2D eigenvalue weighted by atomic mass is 10.0. The first-order valence-corrected chi connectivity index (χ1v) is 12.9. The van der Waals surface area contributed by atoms with Crippen LogP contribution in [0.3, 0.4) is 0 Å². The summed E-state index contributed by atoms with van der Waals surface area (Å²) in [5.74, 6) is 1.74. The molecule has 2 aromatic carbocycles. The maximum atomic E-state index is 6.33. The van der Waals surface area contributed by atoms with Gasteiger partial charge in [-0.15, -0.1) is 0 Å². The van der Waals surface area contributed by atoms with Gasteiger partial charge in [0.05, 0.1) is 19.0 Å². The molecule has 0 aliphatic carbocycles. The van der Waals surface area contributed by atoms with E-state index in [1.807, 2.05) is 36.4 Å². The fourth-order valence-corrected chi connectivity index (χ4v) is 5.09. The summed E-state index contributed by atoms with van der Waals surface area (Å²) in [6, 6.07) is 16.8. The second-order valence-electron chi connectivity index (χ2n) is 9.45. The van der Waals surface area contributed by atoms with E-state index in [0.29, 0.717) is 22.8 Å². The molecule has 9 heteroatoms. The zero-order valence-electron chi connectivity index (χ0n) is 21.0. The predicted molar refractivity (Wildman–Crippen MR) is 147 cm³/mol. The molecular weight excluding hydrogens is 474 g/mol. The Hall–Kier alpha value is -3.07. The minimum Gasteiger partial charge on any atom is -0.494 e. The highest BCUT2D eigenvalue weighted by atomic mass is 35.5. The number of para-hydroxylation sites is 1. The Bertz CT molecular complexity index is 1150. The van der Waals surface area contributed by atoms with Crippen molar-refractivity contribution in [1.82, 2.24) is 19.8 Å². The molecule has 1 aromatic heterocycles. The lowest BCUT2D eigenvalue weighted by Crippen LogP contribution is -2.52. The maximum absolute atomic E-state index is 6.33. The summed E-state index contributed by atoms with van der Waals surface area (Å²) in [5, 5.41) is 6.98. The van der Waals surface area contributed by atoms with E-state index in [1.54, 1.807) is 13.3 Å². The number of nitrogens with one attached hydrogen (secondary N) is 2. The third-order valence-corrected chi connectivity index (χ3v) is 7.37. The molecule has 0 amide bonds. The van der Waals surface area contributed by atoms with Crippen molar-refractivity contribution in [3.8, 4) is 5.75 Å². The number of ether oxygens (including phenoxy) is 1. The standard InChI is InChI=1S/C27H34ClN7O/c1-33-14-16-35(17-15-33)21-10-12-34(13-11-21)22-8-9-24(25(18-22)36-2)31-27-29-19-23(28)26(32-27)30-20-6-4-3-5-7-20/h3-9,18-19,21H,10-17H2,1-2H3,(H2,29,30,31,32). The fourth-order valence-electron chi connectivity index (χ4n) is 4.95. The number of piperazine rings is 1. The van der Waals surface area contributed by atoms with E-state index >= 15 is 0 Å². The van der Waals surface area contributed by atoms with Gasteiger partial charge in [0.1, 0.15) is 10.8 Å². The lowest BCUT2D eigenvalue weighted by Gasteiger charge is -2.42. The molecule has 0 atom stereocenters. The molecule has 2 N–H and O–H groups in total. The van der Waals surface area contributed by atoms with Crippen LogP contribution in [-0.2, 0) is 0 Å². The van der Waals surface area contributed by atoms with Gasteiger partial charge < -0.3 is 25.2 Å². The lowest BCUT2D eigenvalue weighted by molar-refractivity contribution is 0.0982. The van der Waals surface area contributed by atoms with Crippen LogP contribution in [0.15, 0.2) is 54.7 Å². The van der Waals surface area contributed by atoms with Crippen molar-refractivity contribution in [3.05, 3.63) is 59.8 Å². The summed E-state index contributed by atoms with van der Waals surface area (Å²) in [6.07, 6.45) is 3.98. The zero-order valence-corrected chi connectivity index (χ0v) is 21.7. The van der Waals surface area contributed by atoms with Gasteiger partial charge >= 0.3 is 0 Å². The Balaban J connectivity index is 1.24. The quantitative estimate of drug-likeness (QED) is 0.471. The van der Waals surface area contributed by atoms with E-state index in [1.165, 1.54) is 44.7 Å². The van der Waals surface area contributed by atoms with Gasteiger partial charge in [-0.2, -0.15) is 4.98 Å². The molecule has 0 unspecified atom stereocenters. The van der Waals surface area contributed by atoms with Gasteiger partial charge in [-0.05, 0) is 44.2 Å². The molecule has 2 saturated heterocycles. The number of rotatable bonds is 7. The SMILES string of the molecule is COc1cc(N2CCC(N3CCN(C)CC3)CC2)ccc1Nc1ncc(Cl)c(Nc2ccccc2)n1. The number of hydrogen-bond acceptors (Lipinski definition) is 8. The molecule has 36 heavy (non-hydrogen) atoms. The number of benzene rings is 2. The Kier molecular flexibility index (Phi) is 7.75. The van der Waals surface area contributed by atoms with Gasteiger partial charge in [0, 0.05) is 62.8 Å². The molecule has 0 bridgehead atoms.